The molecule has 2 unspecified atom stereocenters. The van der Waals surface area contributed by atoms with Gasteiger partial charge < -0.3 is 10.8 Å². The van der Waals surface area contributed by atoms with Crippen LogP contribution < -0.4 is 5.73 Å². The van der Waals surface area contributed by atoms with Gasteiger partial charge in [-0.25, -0.2) is 4.39 Å². The van der Waals surface area contributed by atoms with Crippen molar-refractivity contribution in [3.63, 3.8) is 0 Å². The zero-order chi connectivity index (χ0) is 10.7. The topological polar surface area (TPSA) is 63.3 Å². The molecule has 0 radical (unpaired) electrons. The lowest BCUT2D eigenvalue weighted by atomic mass is 9.99. The third-order valence-corrected chi connectivity index (χ3v) is 2.02. The first-order valence-corrected chi connectivity index (χ1v) is 4.25. The van der Waals surface area contributed by atoms with Crippen LogP contribution in [0.3, 0.4) is 0 Å². The van der Waals surface area contributed by atoms with Crippen molar-refractivity contribution in [1.29, 1.82) is 0 Å². The summed E-state index contributed by atoms with van der Waals surface area (Å²) >= 11 is 0. The zero-order valence-corrected chi connectivity index (χ0v) is 7.77. The van der Waals surface area contributed by atoms with Crippen LogP contribution in [0.5, 0.6) is 0 Å². The summed E-state index contributed by atoms with van der Waals surface area (Å²) in [5, 5.41) is 9.58. The lowest BCUT2D eigenvalue weighted by Gasteiger charge is -2.16. The maximum Gasteiger partial charge on any atom is 0.153 e. The molecule has 3 nitrogen and oxygen atoms in total. The summed E-state index contributed by atoms with van der Waals surface area (Å²) in [6.07, 6.45) is -0.637. The van der Waals surface area contributed by atoms with Gasteiger partial charge in [-0.3, -0.25) is 4.79 Å². The van der Waals surface area contributed by atoms with Gasteiger partial charge in [-0.2, -0.15) is 0 Å². The average Bonchev–Trinajstić information content (AvgIpc) is 2.16. The van der Waals surface area contributed by atoms with E-state index in [4.69, 9.17) is 5.73 Å². The van der Waals surface area contributed by atoms with Crippen LogP contribution in [0.1, 0.15) is 28.9 Å². The van der Waals surface area contributed by atoms with Crippen molar-refractivity contribution in [3.05, 3.63) is 35.1 Å². The Morgan fingerprint density at radius 1 is 1.57 bits per heavy atom. The smallest absolute Gasteiger partial charge is 0.153 e. The molecule has 0 fully saturated rings. The molecule has 0 amide bonds. The van der Waals surface area contributed by atoms with Crippen LogP contribution in [-0.4, -0.2) is 17.4 Å². The van der Waals surface area contributed by atoms with Gasteiger partial charge in [-0.1, -0.05) is 12.1 Å². The number of nitrogens with two attached hydrogens (primary N) is 1. The molecule has 0 saturated heterocycles. The van der Waals surface area contributed by atoms with Gasteiger partial charge in [-0.15, -0.1) is 0 Å². The molecule has 1 aromatic rings. The number of hydrogen-bond donors (Lipinski definition) is 2. The van der Waals surface area contributed by atoms with Crippen molar-refractivity contribution in [3.8, 4) is 0 Å². The van der Waals surface area contributed by atoms with E-state index in [0.717, 1.165) is 0 Å². The maximum absolute atomic E-state index is 13.1. The highest BCUT2D eigenvalue weighted by Gasteiger charge is 2.18. The number of carbonyl (C=O) groups excluding carboxylic acids is 1. The number of aldehydes is 1. The second-order valence-corrected chi connectivity index (χ2v) is 3.16. The van der Waals surface area contributed by atoms with E-state index in [2.05, 4.69) is 0 Å². The Bertz CT molecular complexity index is 339. The average molecular weight is 197 g/mol. The van der Waals surface area contributed by atoms with Crippen molar-refractivity contribution < 1.29 is 14.3 Å². The highest BCUT2D eigenvalue weighted by Crippen LogP contribution is 2.20. The van der Waals surface area contributed by atoms with Crippen molar-refractivity contribution in [2.75, 3.05) is 0 Å². The Labute approximate surface area is 81.4 Å². The molecule has 4 heteroatoms. The fourth-order valence-corrected chi connectivity index (χ4v) is 1.22. The molecule has 0 aliphatic heterocycles. The standard InChI is InChI=1S/C10H12FNO2/c1-6(12)10(14)7-3-2-4-9(11)8(7)5-13/h2-6,10,14H,12H2,1H3. The molecular formula is C10H12FNO2. The van der Waals surface area contributed by atoms with Gasteiger partial charge in [0, 0.05) is 6.04 Å². The predicted molar refractivity (Wildman–Crippen MR) is 50.4 cm³/mol. The molecule has 0 heterocycles. The number of rotatable bonds is 3. The van der Waals surface area contributed by atoms with E-state index in [9.17, 15) is 14.3 Å². The molecule has 1 rings (SSSR count). The normalized spacial score (nSPS) is 14.9. The number of hydrogen-bond acceptors (Lipinski definition) is 3. The summed E-state index contributed by atoms with van der Waals surface area (Å²) in [6, 6.07) is 3.54. The number of halogens is 1. The van der Waals surface area contributed by atoms with E-state index in [1.54, 1.807) is 6.92 Å². The molecule has 0 saturated carbocycles. The van der Waals surface area contributed by atoms with E-state index in [1.807, 2.05) is 0 Å². The number of benzene rings is 1. The molecule has 0 aliphatic rings. The van der Waals surface area contributed by atoms with Gasteiger partial charge in [-0.05, 0) is 18.6 Å². The fraction of sp³-hybridized carbons (Fsp3) is 0.300. The summed E-state index contributed by atoms with van der Waals surface area (Å²) < 4.78 is 13.1. The minimum absolute atomic E-state index is 0.127. The van der Waals surface area contributed by atoms with Crippen LogP contribution in [0.4, 0.5) is 4.39 Å². The summed E-state index contributed by atoms with van der Waals surface area (Å²) in [7, 11) is 0. The summed E-state index contributed by atoms with van der Waals surface area (Å²) in [5.41, 5.74) is 5.56. The van der Waals surface area contributed by atoms with E-state index in [1.165, 1.54) is 18.2 Å². The lowest BCUT2D eigenvalue weighted by Crippen LogP contribution is -2.25. The Balaban J connectivity index is 3.20. The quantitative estimate of drug-likeness (QED) is 0.711. The van der Waals surface area contributed by atoms with Gasteiger partial charge in [0.15, 0.2) is 6.29 Å². The number of aliphatic hydroxyl groups excluding tert-OH is 1. The molecule has 0 aliphatic carbocycles. The molecule has 2 atom stereocenters. The van der Waals surface area contributed by atoms with Crippen molar-refractivity contribution in [1.82, 2.24) is 0 Å². The van der Waals surface area contributed by atoms with Gasteiger partial charge in [0.2, 0.25) is 0 Å². The molecule has 0 aromatic heterocycles. The van der Waals surface area contributed by atoms with E-state index in [-0.39, 0.29) is 11.1 Å². The molecule has 0 spiro atoms. The largest absolute Gasteiger partial charge is 0.387 e. The monoisotopic (exact) mass is 197 g/mol. The number of carbonyl (C=O) groups is 1. The van der Waals surface area contributed by atoms with Crippen LogP contribution in [0.2, 0.25) is 0 Å². The highest BCUT2D eigenvalue weighted by atomic mass is 19.1. The van der Waals surface area contributed by atoms with Gasteiger partial charge in [0.05, 0.1) is 11.7 Å². The molecule has 76 valence electrons. The van der Waals surface area contributed by atoms with Gasteiger partial charge >= 0.3 is 0 Å². The summed E-state index contributed by atoms with van der Waals surface area (Å²) in [4.78, 5) is 10.6. The molecule has 0 bridgehead atoms. The Morgan fingerprint density at radius 3 is 2.71 bits per heavy atom. The fourth-order valence-electron chi connectivity index (χ4n) is 1.22. The first-order chi connectivity index (χ1) is 6.57. The SMILES string of the molecule is CC(N)C(O)c1cccc(F)c1C=O. The van der Waals surface area contributed by atoms with Crippen molar-refractivity contribution >= 4 is 6.29 Å². The van der Waals surface area contributed by atoms with Crippen LogP contribution in [0.25, 0.3) is 0 Å². The Hall–Kier alpha value is -1.26. The van der Waals surface area contributed by atoms with Crippen molar-refractivity contribution in [2.24, 2.45) is 5.73 Å². The number of aliphatic hydroxyl groups is 1. The second kappa shape index (κ2) is 4.30. The third-order valence-electron chi connectivity index (χ3n) is 2.02. The lowest BCUT2D eigenvalue weighted by molar-refractivity contribution is 0.110. The van der Waals surface area contributed by atoms with E-state index in [0.29, 0.717) is 6.29 Å². The maximum atomic E-state index is 13.1. The molecule has 14 heavy (non-hydrogen) atoms. The van der Waals surface area contributed by atoms with Crippen molar-refractivity contribution in [2.45, 2.75) is 19.1 Å². The second-order valence-electron chi connectivity index (χ2n) is 3.16. The van der Waals surface area contributed by atoms with Crippen LogP contribution in [0, 0.1) is 5.82 Å². The first kappa shape index (κ1) is 10.8. The van der Waals surface area contributed by atoms with E-state index >= 15 is 0 Å². The van der Waals surface area contributed by atoms with E-state index < -0.39 is 18.0 Å². The minimum Gasteiger partial charge on any atom is -0.387 e. The Morgan fingerprint density at radius 2 is 2.21 bits per heavy atom. The van der Waals surface area contributed by atoms with Crippen LogP contribution >= 0.6 is 0 Å². The summed E-state index contributed by atoms with van der Waals surface area (Å²) in [5.74, 6) is -0.641. The molecule has 1 aromatic carbocycles. The Kier molecular flexibility index (Phi) is 3.33. The van der Waals surface area contributed by atoms with Crippen LogP contribution in [0.15, 0.2) is 18.2 Å². The van der Waals surface area contributed by atoms with Gasteiger partial charge in [0.1, 0.15) is 5.82 Å². The highest BCUT2D eigenvalue weighted by molar-refractivity contribution is 5.77. The first-order valence-electron chi connectivity index (χ1n) is 4.25. The molecular weight excluding hydrogens is 185 g/mol. The van der Waals surface area contributed by atoms with Crippen LogP contribution in [-0.2, 0) is 0 Å². The summed E-state index contributed by atoms with van der Waals surface area (Å²) in [6.45, 7) is 1.59. The third kappa shape index (κ3) is 1.97. The molecule has 3 N–H and O–H groups in total. The minimum atomic E-state index is -1.02. The predicted octanol–water partition coefficient (Wildman–Crippen LogP) is 1.02. The zero-order valence-electron chi connectivity index (χ0n) is 7.77. The van der Waals surface area contributed by atoms with Gasteiger partial charge in [0.25, 0.3) is 0 Å².